The van der Waals surface area contributed by atoms with Crippen molar-refractivity contribution in [1.82, 2.24) is 5.32 Å². The predicted octanol–water partition coefficient (Wildman–Crippen LogP) is -0.0734. The third-order valence-corrected chi connectivity index (χ3v) is 2.24. The molecule has 5 heteroatoms. The van der Waals surface area contributed by atoms with Gasteiger partial charge in [0.05, 0.1) is 25.4 Å². The molecule has 0 aromatic carbocycles. The molecular formula is C10H21NO4. The second-order valence-electron chi connectivity index (χ2n) is 3.67. The molecule has 0 bridgehead atoms. The summed E-state index contributed by atoms with van der Waals surface area (Å²) in [6.07, 6.45) is 0.674. The maximum Gasteiger partial charge on any atom is 0.246 e. The third-order valence-electron chi connectivity index (χ3n) is 2.24. The SMILES string of the molecule is CCC(C)(CO)NC(=O)COCCOC. The van der Waals surface area contributed by atoms with Crippen LogP contribution < -0.4 is 5.32 Å². The van der Waals surface area contributed by atoms with E-state index in [-0.39, 0.29) is 19.1 Å². The fraction of sp³-hybridized carbons (Fsp3) is 0.900. The lowest BCUT2D eigenvalue weighted by Crippen LogP contribution is -2.49. The molecule has 0 rings (SSSR count). The molecular weight excluding hydrogens is 198 g/mol. The molecule has 0 spiro atoms. The first-order valence-corrected chi connectivity index (χ1v) is 5.06. The van der Waals surface area contributed by atoms with Gasteiger partial charge in [-0.05, 0) is 13.3 Å². The average Bonchev–Trinajstić information content (AvgIpc) is 2.24. The Labute approximate surface area is 90.8 Å². The van der Waals surface area contributed by atoms with Crippen LogP contribution in [-0.4, -0.2) is 50.1 Å². The fourth-order valence-electron chi connectivity index (χ4n) is 0.920. The third kappa shape index (κ3) is 6.43. The van der Waals surface area contributed by atoms with Gasteiger partial charge in [-0.15, -0.1) is 0 Å². The van der Waals surface area contributed by atoms with Crippen molar-refractivity contribution >= 4 is 5.91 Å². The first-order chi connectivity index (χ1) is 7.08. The summed E-state index contributed by atoms with van der Waals surface area (Å²) in [4.78, 5) is 11.4. The second kappa shape index (κ2) is 7.62. The first kappa shape index (κ1) is 14.3. The molecule has 0 aliphatic rings. The topological polar surface area (TPSA) is 67.8 Å². The molecule has 0 radical (unpaired) electrons. The Hall–Kier alpha value is -0.650. The highest BCUT2D eigenvalue weighted by Crippen LogP contribution is 2.06. The maximum absolute atomic E-state index is 11.4. The van der Waals surface area contributed by atoms with Crippen LogP contribution in [0.5, 0.6) is 0 Å². The van der Waals surface area contributed by atoms with E-state index in [1.165, 1.54) is 0 Å². The number of aliphatic hydroxyl groups excluding tert-OH is 1. The zero-order chi connectivity index (χ0) is 11.7. The highest BCUT2D eigenvalue weighted by molar-refractivity contribution is 5.78. The van der Waals surface area contributed by atoms with Crippen molar-refractivity contribution in [2.24, 2.45) is 0 Å². The molecule has 2 N–H and O–H groups in total. The predicted molar refractivity (Wildman–Crippen MR) is 56.6 cm³/mol. The number of amides is 1. The Balaban J connectivity index is 3.72. The molecule has 0 aromatic heterocycles. The Morgan fingerprint density at radius 2 is 2.13 bits per heavy atom. The van der Waals surface area contributed by atoms with Gasteiger partial charge in [0.1, 0.15) is 6.61 Å². The Kier molecular flexibility index (Phi) is 7.29. The van der Waals surface area contributed by atoms with E-state index < -0.39 is 5.54 Å². The molecule has 0 aliphatic carbocycles. The van der Waals surface area contributed by atoms with Gasteiger partial charge in [-0.1, -0.05) is 6.92 Å². The number of hydrogen-bond donors (Lipinski definition) is 2. The van der Waals surface area contributed by atoms with E-state index in [9.17, 15) is 4.79 Å². The number of hydrogen-bond acceptors (Lipinski definition) is 4. The summed E-state index contributed by atoms with van der Waals surface area (Å²) in [6.45, 7) is 4.48. The number of carbonyl (C=O) groups is 1. The highest BCUT2D eigenvalue weighted by Gasteiger charge is 2.22. The number of aliphatic hydroxyl groups is 1. The zero-order valence-corrected chi connectivity index (χ0v) is 9.71. The van der Waals surface area contributed by atoms with Gasteiger partial charge in [-0.2, -0.15) is 0 Å². The molecule has 1 unspecified atom stereocenters. The van der Waals surface area contributed by atoms with Crippen molar-refractivity contribution in [2.75, 3.05) is 33.5 Å². The van der Waals surface area contributed by atoms with Crippen LogP contribution in [0, 0.1) is 0 Å². The largest absolute Gasteiger partial charge is 0.394 e. The number of methoxy groups -OCH3 is 1. The monoisotopic (exact) mass is 219 g/mol. The zero-order valence-electron chi connectivity index (χ0n) is 9.71. The van der Waals surface area contributed by atoms with Crippen molar-refractivity contribution in [3.05, 3.63) is 0 Å². The highest BCUT2D eigenvalue weighted by atomic mass is 16.5. The minimum absolute atomic E-state index is 0.00104. The Bertz CT molecular complexity index is 180. The summed E-state index contributed by atoms with van der Waals surface area (Å²) < 4.78 is 9.82. The molecule has 1 amide bonds. The Morgan fingerprint density at radius 1 is 1.47 bits per heavy atom. The average molecular weight is 219 g/mol. The lowest BCUT2D eigenvalue weighted by molar-refractivity contribution is -0.128. The Morgan fingerprint density at radius 3 is 2.60 bits per heavy atom. The number of ether oxygens (including phenoxy) is 2. The first-order valence-electron chi connectivity index (χ1n) is 5.06. The summed E-state index contributed by atoms with van der Waals surface area (Å²) in [5, 5.41) is 11.8. The van der Waals surface area contributed by atoms with Crippen LogP contribution in [0.1, 0.15) is 20.3 Å². The van der Waals surface area contributed by atoms with E-state index in [1.807, 2.05) is 6.92 Å². The van der Waals surface area contributed by atoms with Crippen LogP contribution >= 0.6 is 0 Å². The minimum Gasteiger partial charge on any atom is -0.394 e. The molecule has 0 saturated heterocycles. The van der Waals surface area contributed by atoms with Crippen LogP contribution in [0.3, 0.4) is 0 Å². The van der Waals surface area contributed by atoms with Crippen LogP contribution in [0.25, 0.3) is 0 Å². The van der Waals surface area contributed by atoms with Crippen LogP contribution in [-0.2, 0) is 14.3 Å². The quantitative estimate of drug-likeness (QED) is 0.561. The van der Waals surface area contributed by atoms with Crippen molar-refractivity contribution in [2.45, 2.75) is 25.8 Å². The summed E-state index contributed by atoms with van der Waals surface area (Å²) in [5.41, 5.74) is -0.554. The lowest BCUT2D eigenvalue weighted by Gasteiger charge is -2.27. The van der Waals surface area contributed by atoms with E-state index in [1.54, 1.807) is 14.0 Å². The van der Waals surface area contributed by atoms with Gasteiger partial charge in [0.25, 0.3) is 0 Å². The second-order valence-corrected chi connectivity index (χ2v) is 3.67. The summed E-state index contributed by atoms with van der Waals surface area (Å²) >= 11 is 0. The molecule has 0 aromatic rings. The summed E-state index contributed by atoms with van der Waals surface area (Å²) in [7, 11) is 1.57. The number of nitrogens with one attached hydrogen (secondary N) is 1. The van der Waals surface area contributed by atoms with Gasteiger partial charge in [-0.3, -0.25) is 4.79 Å². The van der Waals surface area contributed by atoms with E-state index in [2.05, 4.69) is 5.32 Å². The van der Waals surface area contributed by atoms with Gasteiger partial charge in [-0.25, -0.2) is 0 Å². The van der Waals surface area contributed by atoms with Crippen LogP contribution in [0.4, 0.5) is 0 Å². The summed E-state index contributed by atoms with van der Waals surface area (Å²) in [6, 6.07) is 0. The van der Waals surface area contributed by atoms with Gasteiger partial charge in [0.2, 0.25) is 5.91 Å². The fourth-order valence-corrected chi connectivity index (χ4v) is 0.920. The van der Waals surface area contributed by atoms with Gasteiger partial charge >= 0.3 is 0 Å². The smallest absolute Gasteiger partial charge is 0.246 e. The molecule has 0 fully saturated rings. The molecule has 1 atom stereocenters. The van der Waals surface area contributed by atoms with Crippen molar-refractivity contribution in [3.63, 3.8) is 0 Å². The van der Waals surface area contributed by atoms with Gasteiger partial charge < -0.3 is 19.9 Å². The van der Waals surface area contributed by atoms with Gasteiger partial charge in [0.15, 0.2) is 0 Å². The van der Waals surface area contributed by atoms with Crippen molar-refractivity contribution < 1.29 is 19.4 Å². The molecule has 5 nitrogen and oxygen atoms in total. The maximum atomic E-state index is 11.4. The normalized spacial score (nSPS) is 14.7. The van der Waals surface area contributed by atoms with Crippen LogP contribution in [0.15, 0.2) is 0 Å². The summed E-state index contributed by atoms with van der Waals surface area (Å²) in [5.74, 6) is -0.218. The molecule has 0 saturated carbocycles. The molecule has 15 heavy (non-hydrogen) atoms. The standard InChI is InChI=1S/C10H21NO4/c1-4-10(2,8-12)11-9(13)7-15-6-5-14-3/h12H,4-8H2,1-3H3,(H,11,13). The van der Waals surface area contributed by atoms with Crippen LogP contribution in [0.2, 0.25) is 0 Å². The van der Waals surface area contributed by atoms with E-state index in [0.29, 0.717) is 19.6 Å². The molecule has 0 aliphatic heterocycles. The lowest BCUT2D eigenvalue weighted by atomic mass is 10.0. The minimum atomic E-state index is -0.554. The van der Waals surface area contributed by atoms with Crippen molar-refractivity contribution in [1.29, 1.82) is 0 Å². The molecule has 90 valence electrons. The van der Waals surface area contributed by atoms with E-state index in [0.717, 1.165) is 0 Å². The van der Waals surface area contributed by atoms with E-state index in [4.69, 9.17) is 14.6 Å². The number of rotatable bonds is 8. The van der Waals surface area contributed by atoms with E-state index >= 15 is 0 Å². The number of carbonyl (C=O) groups excluding carboxylic acids is 1. The van der Waals surface area contributed by atoms with Crippen molar-refractivity contribution in [3.8, 4) is 0 Å². The van der Waals surface area contributed by atoms with Gasteiger partial charge in [0, 0.05) is 7.11 Å². The molecule has 0 heterocycles.